The van der Waals surface area contributed by atoms with Gasteiger partial charge in [-0.25, -0.2) is 4.98 Å². The van der Waals surface area contributed by atoms with Crippen LogP contribution in [0.25, 0.3) is 21.3 Å². The Morgan fingerprint density at radius 2 is 1.66 bits per heavy atom. The van der Waals surface area contributed by atoms with Gasteiger partial charge in [-0.3, -0.25) is 4.98 Å². The maximum Gasteiger partial charge on any atom is 0.147 e. The average molecular weight is 403 g/mol. The monoisotopic (exact) mass is 402 g/mol. The van der Waals surface area contributed by atoms with Crippen LogP contribution in [0.15, 0.2) is 66.3 Å². The van der Waals surface area contributed by atoms with Gasteiger partial charge < -0.3 is 14.5 Å². The maximum absolute atomic E-state index is 5.53. The van der Waals surface area contributed by atoms with E-state index in [-0.39, 0.29) is 0 Å². The molecule has 1 saturated heterocycles. The molecule has 0 radical (unpaired) electrons. The van der Waals surface area contributed by atoms with Crippen LogP contribution in [0.2, 0.25) is 0 Å². The first-order valence-corrected chi connectivity index (χ1v) is 10.6. The highest BCUT2D eigenvalue weighted by Crippen LogP contribution is 2.33. The summed E-state index contributed by atoms with van der Waals surface area (Å²) in [7, 11) is 1.73. The lowest BCUT2D eigenvalue weighted by Gasteiger charge is -2.37. The van der Waals surface area contributed by atoms with Crippen molar-refractivity contribution in [3.8, 4) is 17.0 Å². The van der Waals surface area contributed by atoms with Gasteiger partial charge in [-0.05, 0) is 18.2 Å². The van der Waals surface area contributed by atoms with Crippen molar-refractivity contribution >= 4 is 32.9 Å². The van der Waals surface area contributed by atoms with Gasteiger partial charge in [-0.2, -0.15) is 0 Å². The molecule has 0 amide bonds. The molecule has 3 heterocycles. The number of hydrogen-bond acceptors (Lipinski definition) is 6. The highest BCUT2D eigenvalue weighted by Gasteiger charge is 2.21. The minimum atomic E-state index is 0.903. The Balaban J connectivity index is 1.36. The van der Waals surface area contributed by atoms with E-state index in [2.05, 4.69) is 56.6 Å². The predicted molar refractivity (Wildman–Crippen MR) is 120 cm³/mol. The first kappa shape index (κ1) is 17.9. The van der Waals surface area contributed by atoms with Crippen molar-refractivity contribution in [2.45, 2.75) is 0 Å². The van der Waals surface area contributed by atoms with Crippen molar-refractivity contribution in [3.63, 3.8) is 0 Å². The van der Waals surface area contributed by atoms with Gasteiger partial charge in [0.1, 0.15) is 11.6 Å². The molecule has 6 heteroatoms. The zero-order valence-electron chi connectivity index (χ0n) is 16.3. The topological polar surface area (TPSA) is 41.5 Å². The molecule has 5 nitrogen and oxygen atoms in total. The zero-order chi connectivity index (χ0) is 19.6. The van der Waals surface area contributed by atoms with Gasteiger partial charge in [0.2, 0.25) is 0 Å². The SMILES string of the molecule is COc1ccccc1N1CCN(c2cncc(-c3csc4ccccc34)n2)CC1. The number of rotatable bonds is 4. The molecule has 0 aliphatic carbocycles. The van der Waals surface area contributed by atoms with Gasteiger partial charge in [0.15, 0.2) is 0 Å². The van der Waals surface area contributed by atoms with E-state index < -0.39 is 0 Å². The Labute approximate surface area is 174 Å². The molecule has 2 aromatic carbocycles. The second kappa shape index (κ2) is 7.72. The van der Waals surface area contributed by atoms with Crippen LogP contribution in [0.1, 0.15) is 0 Å². The number of thiophene rings is 1. The molecule has 2 aromatic heterocycles. The van der Waals surface area contributed by atoms with Crippen molar-refractivity contribution in [3.05, 3.63) is 66.3 Å². The molecular formula is C23H22N4OS. The van der Waals surface area contributed by atoms with Crippen molar-refractivity contribution in [1.29, 1.82) is 0 Å². The van der Waals surface area contributed by atoms with Crippen LogP contribution in [0.3, 0.4) is 0 Å². The molecule has 1 aliphatic heterocycles. The quantitative estimate of drug-likeness (QED) is 0.495. The van der Waals surface area contributed by atoms with E-state index in [0.717, 1.165) is 54.7 Å². The number of aromatic nitrogens is 2. The van der Waals surface area contributed by atoms with Crippen molar-refractivity contribution in [2.75, 3.05) is 43.1 Å². The summed E-state index contributed by atoms with van der Waals surface area (Å²) < 4.78 is 6.80. The van der Waals surface area contributed by atoms with E-state index >= 15 is 0 Å². The molecule has 0 bridgehead atoms. The fourth-order valence-electron chi connectivity index (χ4n) is 3.88. The number of nitrogens with zero attached hydrogens (tertiary/aromatic N) is 4. The first-order chi connectivity index (χ1) is 14.3. The zero-order valence-corrected chi connectivity index (χ0v) is 17.1. The Morgan fingerprint density at radius 1 is 0.897 bits per heavy atom. The van der Waals surface area contributed by atoms with Crippen molar-refractivity contribution in [2.24, 2.45) is 0 Å². The van der Waals surface area contributed by atoms with E-state index in [4.69, 9.17) is 9.72 Å². The van der Waals surface area contributed by atoms with Gasteiger partial charge in [-0.1, -0.05) is 30.3 Å². The number of benzene rings is 2. The Kier molecular flexibility index (Phi) is 4.77. The second-order valence-corrected chi connectivity index (χ2v) is 7.97. The average Bonchev–Trinajstić information content (AvgIpc) is 3.23. The lowest BCUT2D eigenvalue weighted by molar-refractivity contribution is 0.413. The van der Waals surface area contributed by atoms with Crippen LogP contribution >= 0.6 is 11.3 Å². The highest BCUT2D eigenvalue weighted by molar-refractivity contribution is 7.17. The molecule has 0 saturated carbocycles. The normalized spacial score (nSPS) is 14.4. The summed E-state index contributed by atoms with van der Waals surface area (Å²) in [6.07, 6.45) is 3.74. The van der Waals surface area contributed by atoms with Gasteiger partial charge in [-0.15, -0.1) is 11.3 Å². The van der Waals surface area contributed by atoms with E-state index in [9.17, 15) is 0 Å². The Morgan fingerprint density at radius 3 is 2.52 bits per heavy atom. The summed E-state index contributed by atoms with van der Waals surface area (Å²) in [6.45, 7) is 3.66. The predicted octanol–water partition coefficient (Wildman–Crippen LogP) is 4.69. The molecule has 4 aromatic rings. The number of para-hydroxylation sites is 2. The first-order valence-electron chi connectivity index (χ1n) is 9.75. The van der Waals surface area contributed by atoms with Crippen LogP contribution in [0.4, 0.5) is 11.5 Å². The third-order valence-electron chi connectivity index (χ3n) is 5.41. The van der Waals surface area contributed by atoms with Crippen LogP contribution in [-0.2, 0) is 0 Å². The summed E-state index contributed by atoms with van der Waals surface area (Å²) in [5, 5.41) is 3.42. The minimum Gasteiger partial charge on any atom is -0.495 e. The molecule has 0 unspecified atom stereocenters. The van der Waals surface area contributed by atoms with Crippen LogP contribution in [-0.4, -0.2) is 43.3 Å². The van der Waals surface area contributed by atoms with Gasteiger partial charge in [0.05, 0.1) is 30.9 Å². The molecule has 5 rings (SSSR count). The van der Waals surface area contributed by atoms with E-state index in [1.54, 1.807) is 18.4 Å². The van der Waals surface area contributed by atoms with Gasteiger partial charge in [0.25, 0.3) is 0 Å². The van der Waals surface area contributed by atoms with E-state index in [1.807, 2.05) is 24.5 Å². The molecular weight excluding hydrogens is 380 g/mol. The fourth-order valence-corrected chi connectivity index (χ4v) is 4.84. The molecule has 1 aliphatic rings. The van der Waals surface area contributed by atoms with Crippen molar-refractivity contribution in [1.82, 2.24) is 9.97 Å². The Bertz CT molecular complexity index is 1130. The number of ether oxygens (including phenoxy) is 1. The minimum absolute atomic E-state index is 0.903. The van der Waals surface area contributed by atoms with E-state index in [0.29, 0.717) is 0 Å². The largest absolute Gasteiger partial charge is 0.495 e. The summed E-state index contributed by atoms with van der Waals surface area (Å²) in [4.78, 5) is 14.1. The van der Waals surface area contributed by atoms with Gasteiger partial charge >= 0.3 is 0 Å². The van der Waals surface area contributed by atoms with Gasteiger partial charge in [0, 0.05) is 47.2 Å². The summed E-state index contributed by atoms with van der Waals surface area (Å²) in [5.41, 5.74) is 3.25. The van der Waals surface area contributed by atoms with E-state index in [1.165, 1.54) is 10.1 Å². The third kappa shape index (κ3) is 3.40. The third-order valence-corrected chi connectivity index (χ3v) is 6.37. The number of methoxy groups -OCH3 is 1. The van der Waals surface area contributed by atoms with Crippen molar-refractivity contribution < 1.29 is 4.74 Å². The summed E-state index contributed by atoms with van der Waals surface area (Å²) in [5.74, 6) is 1.87. The number of piperazine rings is 1. The molecule has 29 heavy (non-hydrogen) atoms. The molecule has 0 atom stereocenters. The molecule has 0 spiro atoms. The highest BCUT2D eigenvalue weighted by atomic mass is 32.1. The maximum atomic E-state index is 5.53. The number of anilines is 2. The van der Waals surface area contributed by atoms with Crippen LogP contribution in [0, 0.1) is 0 Å². The standard InChI is InChI=1S/C23H22N4OS/c1-28-21-8-4-3-7-20(21)26-10-12-27(13-11-26)23-15-24-14-19(25-23)18-16-29-22-9-5-2-6-17(18)22/h2-9,14-16H,10-13H2,1H3. The molecule has 1 fully saturated rings. The smallest absolute Gasteiger partial charge is 0.147 e. The summed E-state index contributed by atoms with van der Waals surface area (Å²) >= 11 is 1.75. The number of fused-ring (bicyclic) bond motifs is 1. The van der Waals surface area contributed by atoms with Crippen LogP contribution in [0.5, 0.6) is 5.75 Å². The lowest BCUT2D eigenvalue weighted by Crippen LogP contribution is -2.47. The fraction of sp³-hybridized carbons (Fsp3) is 0.217. The molecule has 146 valence electrons. The van der Waals surface area contributed by atoms with Crippen LogP contribution < -0.4 is 14.5 Å². The Hall–Kier alpha value is -3.12. The number of hydrogen-bond donors (Lipinski definition) is 0. The molecule has 0 N–H and O–H groups in total. The summed E-state index contributed by atoms with van der Waals surface area (Å²) in [6, 6.07) is 16.7. The second-order valence-electron chi connectivity index (χ2n) is 7.05. The lowest BCUT2D eigenvalue weighted by atomic mass is 10.1.